The maximum atomic E-state index is 14.2. The Bertz CT molecular complexity index is 2240. The van der Waals surface area contributed by atoms with Crippen molar-refractivity contribution in [2.75, 3.05) is 20.8 Å². The smallest absolute Gasteiger partial charge is 0.449 e. The van der Waals surface area contributed by atoms with E-state index in [1.807, 2.05) is 60.7 Å². The number of ether oxygens (including phenoxy) is 3. The minimum Gasteiger partial charge on any atom is -0.497 e. The van der Waals surface area contributed by atoms with Crippen molar-refractivity contribution in [2.24, 2.45) is 0 Å². The molecule has 0 saturated carbocycles. The number of benzene rings is 3. The van der Waals surface area contributed by atoms with Crippen LogP contribution in [0, 0.1) is 0 Å². The lowest BCUT2D eigenvalue weighted by molar-refractivity contribution is -0.148. The molecular formula is C37H34F3N7O5. The number of nitrogens with zero attached hydrogens (tertiary/aromatic N) is 5. The maximum Gasteiger partial charge on any atom is 0.449 e. The number of alkyl carbamates (subject to hydrolysis) is 1. The highest BCUT2D eigenvalue weighted by Crippen LogP contribution is 2.36. The van der Waals surface area contributed by atoms with Gasteiger partial charge in [-0.15, -0.1) is 0 Å². The van der Waals surface area contributed by atoms with E-state index < -0.39 is 42.6 Å². The van der Waals surface area contributed by atoms with Crippen LogP contribution in [0.1, 0.15) is 36.1 Å². The number of carbonyl (C=O) groups excluding carboxylic acids is 2. The van der Waals surface area contributed by atoms with E-state index >= 15 is 0 Å². The van der Waals surface area contributed by atoms with Crippen LogP contribution in [0.5, 0.6) is 11.6 Å². The fraction of sp³-hybridized carbons (Fsp3) is 0.270. The fourth-order valence-corrected chi connectivity index (χ4v) is 6.51. The Morgan fingerprint density at radius 3 is 2.52 bits per heavy atom. The first-order valence-corrected chi connectivity index (χ1v) is 16.5. The molecule has 2 N–H and O–H groups in total. The molecule has 12 nitrogen and oxygen atoms in total. The van der Waals surface area contributed by atoms with Crippen molar-refractivity contribution < 1.29 is 37.0 Å². The SMILES string of the molecule is COc1ccc2nc(C(F)(F)F)n(CC(=O)N3CC[C@H](NC(=O)OCc4ccccc4)C[C@H]3c3ncc(-c4cc5ccccc5nc4OC)[nH]3)c2c1. The molecular weight excluding hydrogens is 679 g/mol. The zero-order valence-electron chi connectivity index (χ0n) is 28.2. The minimum atomic E-state index is -4.83. The third-order valence-electron chi connectivity index (χ3n) is 9.04. The molecule has 7 rings (SSSR count). The number of imidazole rings is 2. The van der Waals surface area contributed by atoms with Crippen LogP contribution >= 0.6 is 0 Å². The first-order chi connectivity index (χ1) is 25.1. The van der Waals surface area contributed by atoms with E-state index in [9.17, 15) is 22.8 Å². The predicted octanol–water partition coefficient (Wildman–Crippen LogP) is 6.67. The van der Waals surface area contributed by atoms with E-state index in [4.69, 9.17) is 14.2 Å². The topological polar surface area (TPSA) is 136 Å². The maximum absolute atomic E-state index is 14.2. The predicted molar refractivity (Wildman–Crippen MR) is 184 cm³/mol. The Labute approximate surface area is 295 Å². The number of pyridine rings is 1. The van der Waals surface area contributed by atoms with Crippen LogP contribution in [0.4, 0.5) is 18.0 Å². The molecule has 0 aliphatic carbocycles. The summed E-state index contributed by atoms with van der Waals surface area (Å²) in [6.07, 6.45) is -3.34. The number of para-hydroxylation sites is 1. The van der Waals surface area contributed by atoms with Gasteiger partial charge in [-0.3, -0.25) is 4.79 Å². The van der Waals surface area contributed by atoms with Gasteiger partial charge in [-0.1, -0.05) is 48.5 Å². The average molecular weight is 714 g/mol. The number of H-pyrrole nitrogens is 1. The van der Waals surface area contributed by atoms with Crippen molar-refractivity contribution in [3.63, 3.8) is 0 Å². The molecule has 4 heterocycles. The summed E-state index contributed by atoms with van der Waals surface area (Å²) in [5.74, 6) is -0.746. The van der Waals surface area contributed by atoms with Crippen molar-refractivity contribution in [3.8, 4) is 22.9 Å². The lowest BCUT2D eigenvalue weighted by Gasteiger charge is -2.38. The van der Waals surface area contributed by atoms with Crippen LogP contribution in [-0.2, 0) is 28.9 Å². The monoisotopic (exact) mass is 713 g/mol. The molecule has 1 saturated heterocycles. The van der Waals surface area contributed by atoms with E-state index in [1.165, 1.54) is 37.3 Å². The van der Waals surface area contributed by atoms with Crippen LogP contribution in [-0.4, -0.2) is 68.2 Å². The second kappa shape index (κ2) is 14.2. The van der Waals surface area contributed by atoms with Gasteiger partial charge in [0.25, 0.3) is 0 Å². The van der Waals surface area contributed by atoms with Gasteiger partial charge >= 0.3 is 12.3 Å². The lowest BCUT2D eigenvalue weighted by atomic mass is 9.96. The number of amides is 2. The highest BCUT2D eigenvalue weighted by molar-refractivity contribution is 5.86. The molecule has 0 spiro atoms. The van der Waals surface area contributed by atoms with Gasteiger partial charge in [0.2, 0.25) is 17.6 Å². The van der Waals surface area contributed by atoms with E-state index in [0.717, 1.165) is 21.0 Å². The molecule has 0 bridgehead atoms. The number of rotatable bonds is 9. The summed E-state index contributed by atoms with van der Waals surface area (Å²) in [5.41, 5.74) is 2.92. The van der Waals surface area contributed by atoms with Crippen LogP contribution < -0.4 is 14.8 Å². The van der Waals surface area contributed by atoms with Gasteiger partial charge in [0, 0.05) is 24.0 Å². The van der Waals surface area contributed by atoms with Gasteiger partial charge in [-0.05, 0) is 42.7 Å². The Balaban J connectivity index is 1.20. The summed E-state index contributed by atoms with van der Waals surface area (Å²) in [5, 5.41) is 3.76. The Morgan fingerprint density at radius 1 is 0.962 bits per heavy atom. The summed E-state index contributed by atoms with van der Waals surface area (Å²) < 4.78 is 59.9. The number of carbonyl (C=O) groups is 2. The number of hydrogen-bond donors (Lipinski definition) is 2. The van der Waals surface area contributed by atoms with Crippen molar-refractivity contribution in [3.05, 3.63) is 102 Å². The Hall–Kier alpha value is -6.12. The van der Waals surface area contributed by atoms with Gasteiger partial charge < -0.3 is 34.0 Å². The number of aromatic nitrogens is 5. The van der Waals surface area contributed by atoms with Crippen molar-refractivity contribution >= 4 is 33.9 Å². The first kappa shape index (κ1) is 34.3. The normalized spacial score (nSPS) is 16.2. The molecule has 0 unspecified atom stereocenters. The number of aromatic amines is 1. The molecule has 1 aliphatic heterocycles. The number of likely N-dealkylation sites (tertiary alicyclic amines) is 1. The number of halogens is 3. The summed E-state index contributed by atoms with van der Waals surface area (Å²) in [6, 6.07) is 21.8. The first-order valence-electron chi connectivity index (χ1n) is 16.5. The summed E-state index contributed by atoms with van der Waals surface area (Å²) >= 11 is 0. The fourth-order valence-electron chi connectivity index (χ4n) is 6.51. The standard InChI is InChI=1S/C37H34F3N7O5/c1-50-25-12-13-28-30(18-25)47(35(45-28)37(38,39)40)20-32(48)46-15-14-24(42-36(49)52-21-22-8-4-3-5-9-22)17-31(46)33-41-19-29(43-33)26-16-23-10-6-7-11-27(23)44-34(26)51-2/h3-13,16,18-19,24,31H,14-15,17,20-21H2,1-2H3,(H,41,43)(H,42,49)/t24-,31-/m0/s1. The number of alkyl halides is 3. The van der Waals surface area contributed by atoms with Crippen LogP contribution in [0.25, 0.3) is 33.2 Å². The third-order valence-corrected chi connectivity index (χ3v) is 9.04. The third kappa shape index (κ3) is 7.06. The summed E-state index contributed by atoms with van der Waals surface area (Å²) in [4.78, 5) is 44.8. The van der Waals surface area contributed by atoms with Gasteiger partial charge in [-0.2, -0.15) is 13.2 Å². The van der Waals surface area contributed by atoms with Gasteiger partial charge in [0.1, 0.15) is 24.7 Å². The summed E-state index contributed by atoms with van der Waals surface area (Å²) in [6.45, 7) is -0.467. The molecule has 0 radical (unpaired) electrons. The van der Waals surface area contributed by atoms with E-state index in [1.54, 1.807) is 6.20 Å². The summed E-state index contributed by atoms with van der Waals surface area (Å²) in [7, 11) is 2.91. The highest BCUT2D eigenvalue weighted by Gasteiger charge is 2.40. The largest absolute Gasteiger partial charge is 0.497 e. The molecule has 1 aliphatic rings. The molecule has 268 valence electrons. The quantitative estimate of drug-likeness (QED) is 0.170. The highest BCUT2D eigenvalue weighted by atomic mass is 19.4. The lowest BCUT2D eigenvalue weighted by Crippen LogP contribution is -2.49. The van der Waals surface area contributed by atoms with Gasteiger partial charge in [-0.25, -0.2) is 19.7 Å². The molecule has 6 aromatic rings. The van der Waals surface area contributed by atoms with Crippen LogP contribution in [0.3, 0.4) is 0 Å². The zero-order chi connectivity index (χ0) is 36.4. The van der Waals surface area contributed by atoms with E-state index in [-0.39, 0.29) is 30.6 Å². The minimum absolute atomic E-state index is 0.0712. The molecule has 2 atom stereocenters. The molecule has 1 fully saturated rings. The van der Waals surface area contributed by atoms with Gasteiger partial charge in [0.05, 0.1) is 54.3 Å². The van der Waals surface area contributed by atoms with Crippen molar-refractivity contribution in [1.82, 2.24) is 34.7 Å². The van der Waals surface area contributed by atoms with Crippen LogP contribution in [0.2, 0.25) is 0 Å². The second-order valence-electron chi connectivity index (χ2n) is 12.3. The number of methoxy groups -OCH3 is 2. The number of fused-ring (bicyclic) bond motifs is 2. The van der Waals surface area contributed by atoms with E-state index in [0.29, 0.717) is 35.1 Å². The second-order valence-corrected chi connectivity index (χ2v) is 12.3. The average Bonchev–Trinajstić information content (AvgIpc) is 3.79. The molecule has 3 aromatic heterocycles. The molecule has 3 aromatic carbocycles. The molecule has 52 heavy (non-hydrogen) atoms. The van der Waals surface area contributed by atoms with Crippen LogP contribution in [0.15, 0.2) is 85.1 Å². The Kier molecular flexibility index (Phi) is 9.41. The Morgan fingerprint density at radius 2 is 1.75 bits per heavy atom. The molecule has 15 heteroatoms. The number of piperidine rings is 1. The van der Waals surface area contributed by atoms with Crippen molar-refractivity contribution in [1.29, 1.82) is 0 Å². The number of hydrogen-bond acceptors (Lipinski definition) is 8. The molecule has 2 amide bonds. The van der Waals surface area contributed by atoms with Crippen molar-refractivity contribution in [2.45, 2.75) is 44.3 Å². The van der Waals surface area contributed by atoms with E-state index in [2.05, 4.69) is 25.3 Å². The van der Waals surface area contributed by atoms with Gasteiger partial charge in [0.15, 0.2) is 0 Å². The number of nitrogens with one attached hydrogen (secondary N) is 2. The zero-order valence-corrected chi connectivity index (χ0v) is 28.2.